The molecular weight excluding hydrogens is 358 g/mol. The Bertz CT molecular complexity index is 756. The summed E-state index contributed by atoms with van der Waals surface area (Å²) in [5.74, 6) is -1.08. The minimum absolute atomic E-state index is 0.158. The normalized spacial score (nSPS) is 20.8. The summed E-state index contributed by atoms with van der Waals surface area (Å²) in [6.07, 6.45) is -1.87. The molecule has 3 rings (SSSR count). The van der Waals surface area contributed by atoms with E-state index in [0.29, 0.717) is 24.1 Å². The molecule has 9 heteroatoms. The van der Waals surface area contributed by atoms with Crippen molar-refractivity contribution in [2.75, 3.05) is 6.54 Å². The third-order valence-corrected chi connectivity index (χ3v) is 4.94. The van der Waals surface area contributed by atoms with Crippen LogP contribution in [0.4, 0.5) is 8.78 Å². The van der Waals surface area contributed by atoms with Gasteiger partial charge < -0.3 is 16.0 Å². The number of amides is 3. The Hall–Kier alpha value is -2.39. The van der Waals surface area contributed by atoms with E-state index in [4.69, 9.17) is 5.73 Å². The highest BCUT2D eigenvalue weighted by atomic mass is 19.3. The van der Waals surface area contributed by atoms with Gasteiger partial charge in [0.05, 0.1) is 6.04 Å². The quantitative estimate of drug-likeness (QED) is 0.598. The van der Waals surface area contributed by atoms with Crippen molar-refractivity contribution in [1.82, 2.24) is 15.5 Å². The minimum atomic E-state index is -2.52. The summed E-state index contributed by atoms with van der Waals surface area (Å²) in [7, 11) is 0. The number of hydrogen-bond donors (Lipinski definition) is 3. The maximum atomic E-state index is 13.0. The zero-order valence-corrected chi connectivity index (χ0v) is 14.7. The molecule has 0 aliphatic carbocycles. The molecule has 4 N–H and O–H groups in total. The van der Waals surface area contributed by atoms with Crippen molar-refractivity contribution >= 4 is 17.7 Å². The third-order valence-electron chi connectivity index (χ3n) is 4.94. The van der Waals surface area contributed by atoms with E-state index in [2.05, 4.69) is 10.6 Å². The lowest BCUT2D eigenvalue weighted by Crippen LogP contribution is -2.52. The smallest absolute Gasteiger partial charge is 0.255 e. The average Bonchev–Trinajstić information content (AvgIpc) is 2.94. The minimum Gasteiger partial charge on any atom is -0.330 e. The van der Waals surface area contributed by atoms with E-state index in [1.807, 2.05) is 0 Å². The summed E-state index contributed by atoms with van der Waals surface area (Å²) in [6, 6.07) is 3.55. The first-order chi connectivity index (χ1) is 12.9. The van der Waals surface area contributed by atoms with E-state index in [-0.39, 0.29) is 37.7 Å². The number of carbonyl (C=O) groups is 3. The second-order valence-corrected chi connectivity index (χ2v) is 6.79. The van der Waals surface area contributed by atoms with E-state index < -0.39 is 24.4 Å². The van der Waals surface area contributed by atoms with Crippen LogP contribution in [0.5, 0.6) is 0 Å². The van der Waals surface area contributed by atoms with Crippen molar-refractivity contribution in [2.45, 2.75) is 50.9 Å². The summed E-state index contributed by atoms with van der Waals surface area (Å²) in [4.78, 5) is 37.5. The molecular formula is C18H22F2N4O3. The number of piperidine rings is 1. The molecule has 0 saturated carbocycles. The van der Waals surface area contributed by atoms with Crippen LogP contribution in [0.1, 0.15) is 40.7 Å². The van der Waals surface area contributed by atoms with Crippen molar-refractivity contribution in [3.63, 3.8) is 0 Å². The summed E-state index contributed by atoms with van der Waals surface area (Å²) >= 11 is 0. The van der Waals surface area contributed by atoms with Crippen LogP contribution in [-0.2, 0) is 22.7 Å². The molecule has 0 spiro atoms. The number of rotatable bonds is 7. The number of fused-ring (bicyclic) bond motifs is 1. The summed E-state index contributed by atoms with van der Waals surface area (Å²) in [5, 5.41) is 5.03. The molecule has 1 aromatic rings. The average molecular weight is 380 g/mol. The van der Waals surface area contributed by atoms with Crippen LogP contribution in [0.25, 0.3) is 0 Å². The molecule has 2 atom stereocenters. The molecule has 0 radical (unpaired) electrons. The molecule has 0 bridgehead atoms. The Labute approximate surface area is 155 Å². The molecule has 2 aliphatic rings. The van der Waals surface area contributed by atoms with Crippen LogP contribution in [-0.4, -0.2) is 47.7 Å². The fourth-order valence-corrected chi connectivity index (χ4v) is 3.46. The van der Waals surface area contributed by atoms with Crippen LogP contribution < -0.4 is 16.4 Å². The number of halogens is 2. The highest BCUT2D eigenvalue weighted by molar-refractivity contribution is 6.05. The Balaban J connectivity index is 1.69. The number of hydrogen-bond acceptors (Lipinski definition) is 5. The van der Waals surface area contributed by atoms with Gasteiger partial charge in [-0.15, -0.1) is 0 Å². The molecule has 2 heterocycles. The lowest BCUT2D eigenvalue weighted by atomic mass is 10.0. The first-order valence-electron chi connectivity index (χ1n) is 8.88. The largest absolute Gasteiger partial charge is 0.330 e. The Morgan fingerprint density at radius 3 is 2.74 bits per heavy atom. The molecule has 146 valence electrons. The standard InChI is InChI=1S/C18H22F2N4O3/c19-16(20)13(5-6-21)22-8-10-1-2-11-9-24(18(27)12(11)7-10)14-3-4-15(25)23-17(14)26/h1-2,7,13-14,16,22H,3-6,8-9,21H2,(H,23,25,26). The first kappa shape index (κ1) is 19.4. The molecule has 3 amide bonds. The van der Waals surface area contributed by atoms with Gasteiger partial charge >= 0.3 is 0 Å². The van der Waals surface area contributed by atoms with Crippen LogP contribution in [0, 0.1) is 0 Å². The first-order valence-corrected chi connectivity index (χ1v) is 8.88. The number of nitrogens with two attached hydrogens (primary N) is 1. The molecule has 1 fully saturated rings. The van der Waals surface area contributed by atoms with E-state index in [0.717, 1.165) is 5.56 Å². The zero-order valence-electron chi connectivity index (χ0n) is 14.7. The van der Waals surface area contributed by atoms with Crippen LogP contribution >= 0.6 is 0 Å². The molecule has 2 aliphatic heterocycles. The lowest BCUT2D eigenvalue weighted by molar-refractivity contribution is -0.136. The number of imide groups is 1. The topological polar surface area (TPSA) is 105 Å². The lowest BCUT2D eigenvalue weighted by Gasteiger charge is -2.29. The summed E-state index contributed by atoms with van der Waals surface area (Å²) < 4.78 is 25.9. The van der Waals surface area contributed by atoms with E-state index in [1.165, 1.54) is 4.90 Å². The second-order valence-electron chi connectivity index (χ2n) is 6.79. The Morgan fingerprint density at radius 1 is 1.30 bits per heavy atom. The number of nitrogens with zero attached hydrogens (tertiary/aromatic N) is 1. The van der Waals surface area contributed by atoms with E-state index in [9.17, 15) is 23.2 Å². The summed E-state index contributed by atoms with van der Waals surface area (Å²) in [5.41, 5.74) is 7.30. The van der Waals surface area contributed by atoms with Crippen molar-refractivity contribution in [2.24, 2.45) is 5.73 Å². The number of alkyl halides is 2. The highest BCUT2D eigenvalue weighted by Gasteiger charge is 2.39. The monoisotopic (exact) mass is 380 g/mol. The van der Waals surface area contributed by atoms with Gasteiger partial charge in [-0.1, -0.05) is 12.1 Å². The van der Waals surface area contributed by atoms with Crippen LogP contribution in [0.15, 0.2) is 18.2 Å². The molecule has 27 heavy (non-hydrogen) atoms. The van der Waals surface area contributed by atoms with Gasteiger partial charge in [-0.25, -0.2) is 8.78 Å². The van der Waals surface area contributed by atoms with Gasteiger partial charge in [-0.2, -0.15) is 0 Å². The SMILES string of the molecule is NCCC(NCc1ccc2c(c1)C(=O)N(C1CCC(=O)NC1=O)C2)C(F)F. The van der Waals surface area contributed by atoms with Gasteiger partial charge in [0.1, 0.15) is 6.04 Å². The van der Waals surface area contributed by atoms with Gasteiger partial charge in [-0.3, -0.25) is 19.7 Å². The molecule has 7 nitrogen and oxygen atoms in total. The Kier molecular flexibility index (Phi) is 5.81. The zero-order chi connectivity index (χ0) is 19.6. The van der Waals surface area contributed by atoms with Gasteiger partial charge in [0.2, 0.25) is 11.8 Å². The van der Waals surface area contributed by atoms with Crippen molar-refractivity contribution < 1.29 is 23.2 Å². The van der Waals surface area contributed by atoms with Gasteiger partial charge in [0, 0.05) is 25.1 Å². The van der Waals surface area contributed by atoms with Crippen molar-refractivity contribution in [1.29, 1.82) is 0 Å². The second kappa shape index (κ2) is 8.10. The molecule has 2 unspecified atom stereocenters. The predicted octanol–water partition coefficient (Wildman–Crippen LogP) is 0.520. The number of nitrogens with one attached hydrogen (secondary N) is 2. The third kappa shape index (κ3) is 4.14. The van der Waals surface area contributed by atoms with E-state index in [1.54, 1.807) is 18.2 Å². The number of carbonyl (C=O) groups excluding carboxylic acids is 3. The van der Waals surface area contributed by atoms with Gasteiger partial charge in [0.25, 0.3) is 12.3 Å². The predicted molar refractivity (Wildman–Crippen MR) is 92.8 cm³/mol. The van der Waals surface area contributed by atoms with Crippen LogP contribution in [0.3, 0.4) is 0 Å². The van der Waals surface area contributed by atoms with Crippen molar-refractivity contribution in [3.8, 4) is 0 Å². The van der Waals surface area contributed by atoms with E-state index >= 15 is 0 Å². The Morgan fingerprint density at radius 2 is 2.07 bits per heavy atom. The fourth-order valence-electron chi connectivity index (χ4n) is 3.46. The van der Waals surface area contributed by atoms with Gasteiger partial charge in [0.15, 0.2) is 0 Å². The van der Waals surface area contributed by atoms with Crippen LogP contribution in [0.2, 0.25) is 0 Å². The highest BCUT2D eigenvalue weighted by Crippen LogP contribution is 2.28. The van der Waals surface area contributed by atoms with Gasteiger partial charge in [-0.05, 0) is 36.6 Å². The number of benzene rings is 1. The van der Waals surface area contributed by atoms with Crippen molar-refractivity contribution in [3.05, 3.63) is 34.9 Å². The maximum absolute atomic E-state index is 13.0. The molecule has 1 saturated heterocycles. The fraction of sp³-hybridized carbons (Fsp3) is 0.500. The molecule has 1 aromatic carbocycles. The maximum Gasteiger partial charge on any atom is 0.255 e. The molecule has 0 aromatic heterocycles. The summed E-state index contributed by atoms with van der Waals surface area (Å²) in [6.45, 7) is 0.639.